The number of nitrogens with one attached hydrogen (secondary N) is 1. The van der Waals surface area contributed by atoms with Gasteiger partial charge in [0, 0.05) is 36.1 Å². The zero-order valence-corrected chi connectivity index (χ0v) is 16.0. The van der Waals surface area contributed by atoms with Crippen molar-refractivity contribution >= 4 is 29.0 Å². The Balaban J connectivity index is 1.59. The van der Waals surface area contributed by atoms with Crippen LogP contribution in [0.2, 0.25) is 0 Å². The molecule has 0 saturated carbocycles. The van der Waals surface area contributed by atoms with Crippen LogP contribution in [0.3, 0.4) is 0 Å². The number of amides is 2. The Labute approximate surface area is 157 Å². The topological polar surface area (TPSA) is 61.9 Å². The van der Waals surface area contributed by atoms with Gasteiger partial charge in [0.25, 0.3) is 0 Å². The predicted molar refractivity (Wildman–Crippen MR) is 102 cm³/mol. The molecule has 0 radical (unpaired) electrons. The fraction of sp³-hybridized carbons (Fsp3) is 0.368. The number of ether oxygens (including phenoxy) is 1. The molecule has 26 heavy (non-hydrogen) atoms. The first-order valence-corrected chi connectivity index (χ1v) is 9.28. The highest BCUT2D eigenvalue weighted by molar-refractivity contribution is 7.11. The molecule has 0 unspecified atom stereocenters. The fourth-order valence-electron chi connectivity index (χ4n) is 2.80. The highest BCUT2D eigenvalue weighted by Gasteiger charge is 2.38. The first-order valence-electron chi connectivity index (χ1n) is 8.46. The number of carbonyl (C=O) groups excluding carboxylic acids is 2. The van der Waals surface area contributed by atoms with Gasteiger partial charge in [-0.3, -0.25) is 9.69 Å². The van der Waals surface area contributed by atoms with E-state index < -0.39 is 12.1 Å². The quantitative estimate of drug-likeness (QED) is 0.846. The molecule has 0 aliphatic carbocycles. The number of carbonyl (C=O) groups is 2. The number of cyclic esters (lactones) is 1. The molecule has 6 nitrogen and oxygen atoms in total. The third-order valence-corrected chi connectivity index (χ3v) is 5.31. The van der Waals surface area contributed by atoms with E-state index in [4.69, 9.17) is 4.74 Å². The van der Waals surface area contributed by atoms with Crippen LogP contribution in [0.4, 0.5) is 10.5 Å². The molecule has 1 N–H and O–H groups in total. The third kappa shape index (κ3) is 4.16. The fourth-order valence-corrected chi connectivity index (χ4v) is 3.69. The van der Waals surface area contributed by atoms with Crippen molar-refractivity contribution < 1.29 is 14.3 Å². The van der Waals surface area contributed by atoms with E-state index >= 15 is 0 Å². The molecule has 138 valence electrons. The van der Waals surface area contributed by atoms with Crippen LogP contribution in [0.15, 0.2) is 36.4 Å². The van der Waals surface area contributed by atoms with Crippen molar-refractivity contribution in [2.45, 2.75) is 26.1 Å². The summed E-state index contributed by atoms with van der Waals surface area (Å²) in [5.41, 5.74) is 2.11. The number of anilines is 1. The number of nitrogens with zero attached hydrogens (tertiary/aromatic N) is 2. The van der Waals surface area contributed by atoms with Crippen LogP contribution < -0.4 is 10.2 Å². The number of hydrogen-bond acceptors (Lipinski definition) is 5. The van der Waals surface area contributed by atoms with Crippen molar-refractivity contribution in [3.05, 3.63) is 51.7 Å². The van der Waals surface area contributed by atoms with Crippen molar-refractivity contribution in [2.24, 2.45) is 0 Å². The highest BCUT2D eigenvalue weighted by Crippen LogP contribution is 2.22. The SMILES string of the molecule is Cc1ccc(CN2C(=O)OC[C@H]2C(=O)NCc2ccc(N(C)C)cc2)s1. The molecule has 2 amide bonds. The molecule has 2 heterocycles. The lowest BCUT2D eigenvalue weighted by atomic mass is 10.2. The number of benzene rings is 1. The second-order valence-electron chi connectivity index (χ2n) is 6.51. The van der Waals surface area contributed by atoms with E-state index in [9.17, 15) is 9.59 Å². The van der Waals surface area contributed by atoms with Crippen molar-refractivity contribution in [3.63, 3.8) is 0 Å². The van der Waals surface area contributed by atoms with Crippen LogP contribution in [0.1, 0.15) is 15.3 Å². The largest absolute Gasteiger partial charge is 0.447 e. The Morgan fingerprint density at radius 2 is 2.00 bits per heavy atom. The van der Waals surface area contributed by atoms with Gasteiger partial charge in [-0.25, -0.2) is 4.79 Å². The summed E-state index contributed by atoms with van der Waals surface area (Å²) in [6.07, 6.45) is -0.438. The van der Waals surface area contributed by atoms with Crippen molar-refractivity contribution in [3.8, 4) is 0 Å². The van der Waals surface area contributed by atoms with Crippen LogP contribution >= 0.6 is 11.3 Å². The summed E-state index contributed by atoms with van der Waals surface area (Å²) >= 11 is 1.62. The van der Waals surface area contributed by atoms with Gasteiger partial charge in [-0.05, 0) is 36.8 Å². The van der Waals surface area contributed by atoms with Crippen LogP contribution in [0.5, 0.6) is 0 Å². The van der Waals surface area contributed by atoms with Gasteiger partial charge in [0.15, 0.2) is 0 Å². The average molecular weight is 373 g/mol. The summed E-state index contributed by atoms with van der Waals surface area (Å²) < 4.78 is 5.10. The summed E-state index contributed by atoms with van der Waals surface area (Å²) in [5.74, 6) is -0.194. The normalized spacial score (nSPS) is 16.5. The highest BCUT2D eigenvalue weighted by atomic mass is 32.1. The van der Waals surface area contributed by atoms with Gasteiger partial charge < -0.3 is 15.0 Å². The molecule has 7 heteroatoms. The van der Waals surface area contributed by atoms with Crippen molar-refractivity contribution in [1.82, 2.24) is 10.2 Å². The summed E-state index contributed by atoms with van der Waals surface area (Å²) in [7, 11) is 3.97. The van der Waals surface area contributed by atoms with Crippen LogP contribution in [0, 0.1) is 6.92 Å². The minimum absolute atomic E-state index is 0.0919. The van der Waals surface area contributed by atoms with E-state index in [2.05, 4.69) is 5.32 Å². The summed E-state index contributed by atoms with van der Waals surface area (Å²) in [6.45, 7) is 2.92. The lowest BCUT2D eigenvalue weighted by Gasteiger charge is -2.20. The van der Waals surface area contributed by atoms with E-state index in [1.54, 1.807) is 11.3 Å². The van der Waals surface area contributed by atoms with Crippen LogP contribution in [-0.2, 0) is 22.6 Å². The second-order valence-corrected chi connectivity index (χ2v) is 7.88. The van der Waals surface area contributed by atoms with Gasteiger partial charge in [-0.15, -0.1) is 11.3 Å². The maximum Gasteiger partial charge on any atom is 0.410 e. The third-order valence-electron chi connectivity index (χ3n) is 4.32. The minimum atomic E-state index is -0.592. The van der Waals surface area contributed by atoms with Crippen LogP contribution in [-0.4, -0.2) is 43.6 Å². The van der Waals surface area contributed by atoms with Gasteiger partial charge in [0.1, 0.15) is 12.6 Å². The molecule has 0 bridgehead atoms. The average Bonchev–Trinajstić information content (AvgIpc) is 3.19. The minimum Gasteiger partial charge on any atom is -0.447 e. The number of rotatable bonds is 6. The van der Waals surface area contributed by atoms with E-state index in [1.165, 1.54) is 9.78 Å². The molecule has 1 atom stereocenters. The second kappa shape index (κ2) is 7.78. The summed E-state index contributed by atoms with van der Waals surface area (Å²) in [4.78, 5) is 30.3. The Bertz CT molecular complexity index is 786. The zero-order chi connectivity index (χ0) is 18.7. The summed E-state index contributed by atoms with van der Waals surface area (Å²) in [5, 5.41) is 2.91. The number of thiophene rings is 1. The Morgan fingerprint density at radius 1 is 1.27 bits per heavy atom. The molecule has 1 aromatic carbocycles. The molecular weight excluding hydrogens is 350 g/mol. The van der Waals surface area contributed by atoms with E-state index in [0.717, 1.165) is 16.1 Å². The Kier molecular flexibility index (Phi) is 5.46. The van der Waals surface area contributed by atoms with Gasteiger partial charge in [0.2, 0.25) is 5.91 Å². The van der Waals surface area contributed by atoms with Gasteiger partial charge in [0.05, 0.1) is 6.54 Å². The standard InChI is InChI=1S/C19H23N3O3S/c1-13-4-9-16(26-13)11-22-17(12-25-19(22)24)18(23)20-10-14-5-7-15(8-6-14)21(2)3/h4-9,17H,10-12H2,1-3H3,(H,20,23)/t17-/m0/s1. The molecule has 0 spiro atoms. The monoisotopic (exact) mass is 373 g/mol. The molecule has 1 fully saturated rings. The molecule has 1 aromatic heterocycles. The van der Waals surface area contributed by atoms with Gasteiger partial charge in [-0.2, -0.15) is 0 Å². The van der Waals surface area contributed by atoms with Crippen molar-refractivity contribution in [1.29, 1.82) is 0 Å². The lowest BCUT2D eigenvalue weighted by Crippen LogP contribution is -2.45. The lowest BCUT2D eigenvalue weighted by molar-refractivity contribution is -0.125. The molecule has 3 rings (SSSR count). The van der Waals surface area contributed by atoms with E-state index in [-0.39, 0.29) is 12.5 Å². The molecule has 1 aliphatic rings. The Morgan fingerprint density at radius 3 is 2.62 bits per heavy atom. The smallest absolute Gasteiger partial charge is 0.410 e. The van der Waals surface area contributed by atoms with E-state index in [1.807, 2.05) is 62.3 Å². The molecular formula is C19H23N3O3S. The number of aryl methyl sites for hydroxylation is 1. The van der Waals surface area contributed by atoms with Crippen LogP contribution in [0.25, 0.3) is 0 Å². The summed E-state index contributed by atoms with van der Waals surface area (Å²) in [6, 6.07) is 11.4. The number of hydrogen-bond donors (Lipinski definition) is 1. The maximum absolute atomic E-state index is 12.6. The van der Waals surface area contributed by atoms with E-state index in [0.29, 0.717) is 13.1 Å². The zero-order valence-electron chi connectivity index (χ0n) is 15.2. The molecule has 1 aliphatic heterocycles. The van der Waals surface area contributed by atoms with Crippen molar-refractivity contribution in [2.75, 3.05) is 25.6 Å². The van der Waals surface area contributed by atoms with Gasteiger partial charge >= 0.3 is 6.09 Å². The first kappa shape index (κ1) is 18.3. The maximum atomic E-state index is 12.6. The Hall–Kier alpha value is -2.54. The predicted octanol–water partition coefficient (Wildman–Crippen LogP) is 2.76. The molecule has 2 aromatic rings. The van der Waals surface area contributed by atoms with Gasteiger partial charge in [-0.1, -0.05) is 12.1 Å². The first-order chi connectivity index (χ1) is 12.4. The molecule has 1 saturated heterocycles.